The largest absolute Gasteiger partial charge is 0.492 e. The summed E-state index contributed by atoms with van der Waals surface area (Å²) in [5, 5.41) is 0. The molecule has 0 atom stereocenters. The fourth-order valence-electron chi connectivity index (χ4n) is 3.27. The van der Waals surface area contributed by atoms with E-state index in [1.165, 1.54) is 0 Å². The van der Waals surface area contributed by atoms with Gasteiger partial charge in [0.15, 0.2) is 0 Å². The Morgan fingerprint density at radius 1 is 1.00 bits per heavy atom. The molecule has 5 nitrogen and oxygen atoms in total. The Hall–Kier alpha value is -2.82. The molecule has 0 bridgehead atoms. The van der Waals surface area contributed by atoms with Crippen LogP contribution in [-0.2, 0) is 9.59 Å². The predicted octanol–water partition coefficient (Wildman–Crippen LogP) is 2.85. The summed E-state index contributed by atoms with van der Waals surface area (Å²) in [5.74, 6) is 0.468. The lowest BCUT2D eigenvalue weighted by Crippen LogP contribution is -2.42. The van der Waals surface area contributed by atoms with E-state index >= 15 is 0 Å². The summed E-state index contributed by atoms with van der Waals surface area (Å²) >= 11 is 0. The first-order chi connectivity index (χ1) is 12.6. The van der Waals surface area contributed by atoms with Gasteiger partial charge in [-0.05, 0) is 24.5 Å². The number of likely N-dealkylation sites (tertiary alicyclic amines) is 1. The van der Waals surface area contributed by atoms with Gasteiger partial charge in [-0.1, -0.05) is 48.5 Å². The normalized spacial score (nSPS) is 14.8. The van der Waals surface area contributed by atoms with E-state index in [4.69, 9.17) is 10.5 Å². The number of piperidine rings is 1. The molecule has 0 saturated carbocycles. The summed E-state index contributed by atoms with van der Waals surface area (Å²) in [4.78, 5) is 25.4. The predicted molar refractivity (Wildman–Crippen MR) is 100 cm³/mol. The van der Waals surface area contributed by atoms with Gasteiger partial charge in [0.2, 0.25) is 11.8 Å². The molecule has 26 heavy (non-hydrogen) atoms. The topological polar surface area (TPSA) is 72.6 Å². The molecule has 3 rings (SSSR count). The van der Waals surface area contributed by atoms with Crippen LogP contribution in [0.15, 0.2) is 54.6 Å². The lowest BCUT2D eigenvalue weighted by molar-refractivity contribution is -0.135. The Labute approximate surface area is 153 Å². The fraction of sp³-hybridized carbons (Fsp3) is 0.333. The molecule has 0 spiro atoms. The van der Waals surface area contributed by atoms with Crippen LogP contribution < -0.4 is 10.5 Å². The lowest BCUT2D eigenvalue weighted by Gasteiger charge is -2.30. The minimum absolute atomic E-state index is 0.0603. The number of ether oxygens (including phenoxy) is 1. The molecule has 136 valence electrons. The van der Waals surface area contributed by atoms with Crippen LogP contribution in [0.3, 0.4) is 0 Å². The summed E-state index contributed by atoms with van der Waals surface area (Å²) in [6, 6.07) is 17.9. The number of nitrogens with zero attached hydrogens (tertiary/aromatic N) is 1. The quantitative estimate of drug-likeness (QED) is 0.869. The van der Waals surface area contributed by atoms with Gasteiger partial charge in [0.05, 0.1) is 13.0 Å². The average Bonchev–Trinajstić information content (AvgIpc) is 2.69. The molecule has 1 fully saturated rings. The van der Waals surface area contributed by atoms with Crippen LogP contribution >= 0.6 is 0 Å². The van der Waals surface area contributed by atoms with E-state index in [-0.39, 0.29) is 17.7 Å². The Bertz CT molecular complexity index is 753. The van der Waals surface area contributed by atoms with Crippen molar-refractivity contribution in [3.05, 3.63) is 54.6 Å². The van der Waals surface area contributed by atoms with Crippen LogP contribution in [0.2, 0.25) is 0 Å². The Balaban J connectivity index is 1.53. The maximum atomic E-state index is 12.3. The summed E-state index contributed by atoms with van der Waals surface area (Å²) in [5.41, 5.74) is 7.44. The SMILES string of the molecule is NC(=O)C1CCN(C(=O)CCOc2ccccc2-c2ccccc2)CC1. The molecule has 2 amide bonds. The highest BCUT2D eigenvalue weighted by Crippen LogP contribution is 2.29. The number of amides is 2. The number of rotatable bonds is 6. The molecule has 0 aromatic heterocycles. The van der Waals surface area contributed by atoms with Gasteiger partial charge >= 0.3 is 0 Å². The number of para-hydroxylation sites is 1. The first kappa shape index (κ1) is 18.0. The zero-order chi connectivity index (χ0) is 18.4. The molecular weight excluding hydrogens is 328 g/mol. The highest BCUT2D eigenvalue weighted by atomic mass is 16.5. The number of hydrogen-bond acceptors (Lipinski definition) is 3. The van der Waals surface area contributed by atoms with Crippen molar-refractivity contribution in [1.82, 2.24) is 4.90 Å². The Morgan fingerprint density at radius 2 is 1.65 bits per heavy atom. The molecule has 2 aromatic rings. The summed E-state index contributed by atoms with van der Waals surface area (Å²) < 4.78 is 5.89. The van der Waals surface area contributed by atoms with Crippen LogP contribution in [0.5, 0.6) is 5.75 Å². The number of nitrogens with two attached hydrogens (primary N) is 1. The summed E-state index contributed by atoms with van der Waals surface area (Å²) in [6.45, 7) is 1.51. The summed E-state index contributed by atoms with van der Waals surface area (Å²) in [6.07, 6.45) is 1.63. The molecular formula is C21H24N2O3. The number of hydrogen-bond donors (Lipinski definition) is 1. The smallest absolute Gasteiger partial charge is 0.225 e. The third-order valence-corrected chi connectivity index (χ3v) is 4.80. The van der Waals surface area contributed by atoms with Crippen LogP contribution in [0.1, 0.15) is 19.3 Å². The van der Waals surface area contributed by atoms with E-state index in [0.29, 0.717) is 39.0 Å². The maximum absolute atomic E-state index is 12.3. The van der Waals surface area contributed by atoms with E-state index in [1.807, 2.05) is 54.6 Å². The standard InChI is InChI=1S/C21H24N2O3/c22-21(25)17-10-13-23(14-11-17)20(24)12-15-26-19-9-5-4-8-18(19)16-6-2-1-3-7-16/h1-9,17H,10-15H2,(H2,22,25). The van der Waals surface area contributed by atoms with Crippen molar-refractivity contribution in [3.63, 3.8) is 0 Å². The molecule has 0 radical (unpaired) electrons. The van der Waals surface area contributed by atoms with Gasteiger partial charge in [-0.2, -0.15) is 0 Å². The van der Waals surface area contributed by atoms with Gasteiger partial charge < -0.3 is 15.4 Å². The van der Waals surface area contributed by atoms with Crippen molar-refractivity contribution in [2.45, 2.75) is 19.3 Å². The zero-order valence-electron chi connectivity index (χ0n) is 14.8. The van der Waals surface area contributed by atoms with Crippen LogP contribution in [0.25, 0.3) is 11.1 Å². The number of carbonyl (C=O) groups excluding carboxylic acids is 2. The fourth-order valence-corrected chi connectivity index (χ4v) is 3.27. The van der Waals surface area contributed by atoms with Crippen LogP contribution in [-0.4, -0.2) is 36.4 Å². The van der Waals surface area contributed by atoms with E-state index in [2.05, 4.69) is 0 Å². The number of benzene rings is 2. The molecule has 2 N–H and O–H groups in total. The molecule has 5 heteroatoms. The van der Waals surface area contributed by atoms with Crippen molar-refractivity contribution in [2.75, 3.05) is 19.7 Å². The summed E-state index contributed by atoms with van der Waals surface area (Å²) in [7, 11) is 0. The van der Waals surface area contributed by atoms with E-state index in [0.717, 1.165) is 16.9 Å². The van der Waals surface area contributed by atoms with Gasteiger partial charge in [-0.15, -0.1) is 0 Å². The second-order valence-electron chi connectivity index (χ2n) is 6.52. The number of primary amides is 1. The van der Waals surface area contributed by atoms with Gasteiger partial charge in [-0.25, -0.2) is 0 Å². The van der Waals surface area contributed by atoms with Crippen molar-refractivity contribution in [2.24, 2.45) is 11.7 Å². The molecule has 2 aromatic carbocycles. The van der Waals surface area contributed by atoms with Crippen molar-refractivity contribution in [1.29, 1.82) is 0 Å². The molecule has 0 aliphatic carbocycles. The minimum Gasteiger partial charge on any atom is -0.492 e. The zero-order valence-corrected chi connectivity index (χ0v) is 14.8. The molecule has 1 heterocycles. The van der Waals surface area contributed by atoms with E-state index in [9.17, 15) is 9.59 Å². The third kappa shape index (κ3) is 4.42. The van der Waals surface area contributed by atoms with Crippen molar-refractivity contribution in [3.8, 4) is 16.9 Å². The van der Waals surface area contributed by atoms with Gasteiger partial charge in [0, 0.05) is 24.6 Å². The molecule has 1 saturated heterocycles. The average molecular weight is 352 g/mol. The maximum Gasteiger partial charge on any atom is 0.225 e. The third-order valence-electron chi connectivity index (χ3n) is 4.80. The first-order valence-electron chi connectivity index (χ1n) is 8.99. The van der Waals surface area contributed by atoms with Gasteiger partial charge in [0.1, 0.15) is 5.75 Å². The van der Waals surface area contributed by atoms with Crippen LogP contribution in [0.4, 0.5) is 0 Å². The van der Waals surface area contributed by atoms with Crippen molar-refractivity contribution < 1.29 is 14.3 Å². The van der Waals surface area contributed by atoms with Gasteiger partial charge in [-0.3, -0.25) is 9.59 Å². The molecule has 1 aliphatic heterocycles. The number of carbonyl (C=O) groups is 2. The Kier molecular flexibility index (Phi) is 5.89. The highest BCUT2D eigenvalue weighted by Gasteiger charge is 2.25. The first-order valence-corrected chi connectivity index (χ1v) is 8.99. The second kappa shape index (κ2) is 8.52. The highest BCUT2D eigenvalue weighted by molar-refractivity contribution is 5.79. The van der Waals surface area contributed by atoms with Gasteiger partial charge in [0.25, 0.3) is 0 Å². The van der Waals surface area contributed by atoms with E-state index < -0.39 is 0 Å². The second-order valence-corrected chi connectivity index (χ2v) is 6.52. The lowest BCUT2D eigenvalue weighted by atomic mass is 9.96. The van der Waals surface area contributed by atoms with E-state index in [1.54, 1.807) is 4.90 Å². The minimum atomic E-state index is -0.266. The Morgan fingerprint density at radius 3 is 2.35 bits per heavy atom. The van der Waals surface area contributed by atoms with Crippen LogP contribution in [0, 0.1) is 5.92 Å². The molecule has 0 unspecified atom stereocenters. The molecule has 1 aliphatic rings. The van der Waals surface area contributed by atoms with Crippen molar-refractivity contribution >= 4 is 11.8 Å². The monoisotopic (exact) mass is 352 g/mol.